The predicted molar refractivity (Wildman–Crippen MR) is 78.6 cm³/mol. The second-order valence-corrected chi connectivity index (χ2v) is 6.30. The Bertz CT molecular complexity index is 641. The van der Waals surface area contributed by atoms with Crippen molar-refractivity contribution in [2.75, 3.05) is 0 Å². The highest BCUT2D eigenvalue weighted by atomic mass is 32.1. The molecule has 23 heavy (non-hydrogen) atoms. The summed E-state index contributed by atoms with van der Waals surface area (Å²) in [6.07, 6.45) is 3.63. The highest BCUT2D eigenvalue weighted by molar-refractivity contribution is 7.11. The Balaban J connectivity index is 1.81. The molecule has 0 radical (unpaired) electrons. The summed E-state index contributed by atoms with van der Waals surface area (Å²) >= 11 is 0.527. The first kappa shape index (κ1) is 17.4. The Labute approximate surface area is 135 Å². The van der Waals surface area contributed by atoms with Gasteiger partial charge in [-0.25, -0.2) is 4.98 Å². The second-order valence-electron chi connectivity index (χ2n) is 5.24. The van der Waals surface area contributed by atoms with Crippen molar-refractivity contribution < 1.29 is 18.0 Å². The fraction of sp³-hybridized carbons (Fsp3) is 0.571. The Kier molecular flexibility index (Phi) is 5.04. The Morgan fingerprint density at radius 1 is 1.48 bits per heavy atom. The maximum atomic E-state index is 12.5. The number of carbonyl (C=O) groups is 1. The second kappa shape index (κ2) is 6.66. The molecule has 2 heterocycles. The van der Waals surface area contributed by atoms with Gasteiger partial charge in [0.2, 0.25) is 5.91 Å². The summed E-state index contributed by atoms with van der Waals surface area (Å²) < 4.78 is 37.5. The van der Waals surface area contributed by atoms with Crippen LogP contribution in [0.3, 0.4) is 0 Å². The number of terminal acetylenes is 1. The van der Waals surface area contributed by atoms with Gasteiger partial charge in [0, 0.05) is 36.8 Å². The molecular formula is C14H15F3N4OS. The summed E-state index contributed by atoms with van der Waals surface area (Å²) in [6, 6.07) is -0.536. The molecule has 5 nitrogen and oxygen atoms in total. The van der Waals surface area contributed by atoms with Crippen LogP contribution in [0.2, 0.25) is 0 Å². The average Bonchev–Trinajstić information content (AvgIpc) is 3.05. The monoisotopic (exact) mass is 344 g/mol. The van der Waals surface area contributed by atoms with E-state index in [2.05, 4.69) is 26.4 Å². The largest absolute Gasteiger partial charge is 0.443 e. The molecule has 0 fully saturated rings. The van der Waals surface area contributed by atoms with Crippen molar-refractivity contribution in [3.63, 3.8) is 0 Å². The van der Waals surface area contributed by atoms with Gasteiger partial charge in [0.15, 0.2) is 10.7 Å². The maximum Gasteiger partial charge on any atom is 0.443 e. The number of hydrogen-bond acceptors (Lipinski definition) is 5. The van der Waals surface area contributed by atoms with Crippen LogP contribution in [-0.4, -0.2) is 16.6 Å². The Morgan fingerprint density at radius 3 is 2.70 bits per heavy atom. The Morgan fingerprint density at radius 2 is 2.17 bits per heavy atom. The van der Waals surface area contributed by atoms with Crippen molar-refractivity contribution in [3.8, 4) is 12.3 Å². The fourth-order valence-electron chi connectivity index (χ4n) is 1.98. The number of halogens is 3. The first-order valence-corrected chi connectivity index (χ1v) is 7.77. The summed E-state index contributed by atoms with van der Waals surface area (Å²) in [7, 11) is 0. The van der Waals surface area contributed by atoms with Gasteiger partial charge in [-0.1, -0.05) is 0 Å². The van der Waals surface area contributed by atoms with Crippen molar-refractivity contribution >= 4 is 17.2 Å². The van der Waals surface area contributed by atoms with Gasteiger partial charge in [-0.3, -0.25) is 4.79 Å². The van der Waals surface area contributed by atoms with Crippen LogP contribution in [0.25, 0.3) is 0 Å². The summed E-state index contributed by atoms with van der Waals surface area (Å²) in [4.78, 5) is 15.6. The predicted octanol–water partition coefficient (Wildman–Crippen LogP) is 3.69. The third-order valence-electron chi connectivity index (χ3n) is 3.38. The minimum Gasteiger partial charge on any atom is -0.349 e. The van der Waals surface area contributed by atoms with Gasteiger partial charge in [0.25, 0.3) is 0 Å². The van der Waals surface area contributed by atoms with Crippen LogP contribution in [0.1, 0.15) is 48.5 Å². The summed E-state index contributed by atoms with van der Waals surface area (Å²) in [5.41, 5.74) is -0.541. The van der Waals surface area contributed by atoms with Gasteiger partial charge in [-0.2, -0.15) is 23.4 Å². The topological polar surface area (TPSA) is 66.7 Å². The third kappa shape index (κ3) is 4.76. The smallest absolute Gasteiger partial charge is 0.349 e. The van der Waals surface area contributed by atoms with Gasteiger partial charge < -0.3 is 5.32 Å². The number of alkyl halides is 3. The van der Waals surface area contributed by atoms with Gasteiger partial charge in [-0.05, 0) is 6.92 Å². The van der Waals surface area contributed by atoms with Crippen LogP contribution >= 0.6 is 11.3 Å². The van der Waals surface area contributed by atoms with E-state index in [1.54, 1.807) is 6.92 Å². The molecule has 0 spiro atoms. The average molecular weight is 344 g/mol. The quantitative estimate of drug-likeness (QED) is 0.767. The van der Waals surface area contributed by atoms with Crippen LogP contribution in [0.4, 0.5) is 13.2 Å². The summed E-state index contributed by atoms with van der Waals surface area (Å²) in [5.74, 6) is 2.23. The minimum atomic E-state index is -4.47. The van der Waals surface area contributed by atoms with Crippen molar-refractivity contribution in [2.45, 2.75) is 50.5 Å². The third-order valence-corrected chi connectivity index (χ3v) is 4.60. The van der Waals surface area contributed by atoms with E-state index in [1.165, 1.54) is 0 Å². The lowest BCUT2D eigenvalue weighted by Crippen LogP contribution is -2.27. The number of rotatable bonds is 7. The number of thiazole rings is 1. The van der Waals surface area contributed by atoms with Gasteiger partial charge in [0.1, 0.15) is 0 Å². The standard InChI is InChI=1S/C14H15F3N4OS/c1-3-4-6-13(20-21-13)7-5-11(22)19-9(2)10-8-18-12(23-10)14(15,16)17/h1,8-9H,4-7H2,2H3,(H,19,22). The summed E-state index contributed by atoms with van der Waals surface area (Å²) in [5, 5.41) is 9.59. The molecule has 1 unspecified atom stereocenters. The summed E-state index contributed by atoms with van der Waals surface area (Å²) in [6.45, 7) is 1.62. The van der Waals surface area contributed by atoms with E-state index >= 15 is 0 Å². The van der Waals surface area contributed by atoms with Gasteiger partial charge in [0.05, 0.1) is 6.04 Å². The molecule has 0 saturated heterocycles. The molecule has 124 valence electrons. The number of amides is 1. The molecule has 0 saturated carbocycles. The highest BCUT2D eigenvalue weighted by Gasteiger charge is 2.39. The SMILES string of the molecule is C#CCCC1(CCC(=O)NC(C)c2cnc(C(F)(F)F)s2)N=N1. The van der Waals surface area contributed by atoms with Crippen LogP contribution < -0.4 is 5.32 Å². The number of nitrogens with zero attached hydrogens (tertiary/aromatic N) is 3. The number of aromatic nitrogens is 1. The van der Waals surface area contributed by atoms with Crippen LogP contribution in [-0.2, 0) is 11.0 Å². The number of nitrogens with one attached hydrogen (secondary N) is 1. The molecule has 1 aromatic rings. The van der Waals surface area contributed by atoms with Crippen molar-refractivity contribution in [3.05, 3.63) is 16.1 Å². The lowest BCUT2D eigenvalue weighted by atomic mass is 10.0. The van der Waals surface area contributed by atoms with E-state index in [0.29, 0.717) is 35.5 Å². The molecule has 1 atom stereocenters. The van der Waals surface area contributed by atoms with E-state index in [1.807, 2.05) is 0 Å². The molecule has 2 rings (SSSR count). The first-order chi connectivity index (χ1) is 10.8. The van der Waals surface area contributed by atoms with Crippen molar-refractivity contribution in [1.29, 1.82) is 0 Å². The molecule has 1 aliphatic heterocycles. The lowest BCUT2D eigenvalue weighted by Gasteiger charge is -2.13. The fourth-order valence-corrected chi connectivity index (χ4v) is 2.77. The van der Waals surface area contributed by atoms with Gasteiger partial charge >= 0.3 is 6.18 Å². The molecule has 1 amide bonds. The Hall–Kier alpha value is -1.95. The molecule has 0 aliphatic carbocycles. The molecule has 9 heteroatoms. The lowest BCUT2D eigenvalue weighted by molar-refractivity contribution is -0.137. The normalized spacial score (nSPS) is 16.7. The van der Waals surface area contributed by atoms with Crippen molar-refractivity contribution in [1.82, 2.24) is 10.3 Å². The molecule has 0 bridgehead atoms. The van der Waals surface area contributed by atoms with E-state index in [9.17, 15) is 18.0 Å². The van der Waals surface area contributed by atoms with Crippen LogP contribution in [0.15, 0.2) is 16.4 Å². The van der Waals surface area contributed by atoms with E-state index in [-0.39, 0.29) is 12.3 Å². The van der Waals surface area contributed by atoms with Crippen LogP contribution in [0.5, 0.6) is 0 Å². The zero-order valence-corrected chi connectivity index (χ0v) is 13.2. The molecule has 1 aliphatic rings. The number of hydrogen-bond donors (Lipinski definition) is 1. The van der Waals surface area contributed by atoms with E-state index < -0.39 is 22.9 Å². The van der Waals surface area contributed by atoms with Gasteiger partial charge in [-0.15, -0.1) is 23.7 Å². The van der Waals surface area contributed by atoms with Crippen molar-refractivity contribution in [2.24, 2.45) is 10.2 Å². The zero-order chi connectivity index (χ0) is 17.1. The minimum absolute atomic E-state index is 0.187. The highest BCUT2D eigenvalue weighted by Crippen LogP contribution is 2.38. The molecular weight excluding hydrogens is 329 g/mol. The molecule has 0 aromatic carbocycles. The van der Waals surface area contributed by atoms with Crippen LogP contribution in [0, 0.1) is 12.3 Å². The number of carbonyl (C=O) groups excluding carboxylic acids is 1. The zero-order valence-electron chi connectivity index (χ0n) is 12.4. The van der Waals surface area contributed by atoms with E-state index in [4.69, 9.17) is 6.42 Å². The first-order valence-electron chi connectivity index (χ1n) is 6.95. The maximum absolute atomic E-state index is 12.5. The molecule has 1 aromatic heterocycles. The van der Waals surface area contributed by atoms with E-state index in [0.717, 1.165) is 6.20 Å². The molecule has 1 N–H and O–H groups in total.